The Balaban J connectivity index is 2.15. The number of benzene rings is 1. The van der Waals surface area contributed by atoms with Gasteiger partial charge in [-0.2, -0.15) is 11.3 Å². The number of ether oxygens (including phenoxy) is 2. The van der Waals surface area contributed by atoms with Gasteiger partial charge >= 0.3 is 0 Å². The Bertz CT molecular complexity index is 497. The first-order valence-corrected chi connectivity index (χ1v) is 7.32. The number of thiophene rings is 1. The third-order valence-electron chi connectivity index (χ3n) is 2.73. The highest BCUT2D eigenvalue weighted by atomic mass is 32.1. The molecule has 0 saturated heterocycles. The predicted molar refractivity (Wildman–Crippen MR) is 78.9 cm³/mol. The van der Waals surface area contributed by atoms with Crippen LogP contribution in [0.2, 0.25) is 0 Å². The summed E-state index contributed by atoms with van der Waals surface area (Å²) in [5.41, 5.74) is 7.13. The maximum absolute atomic E-state index is 6.02. The Kier molecular flexibility index (Phi) is 4.82. The summed E-state index contributed by atoms with van der Waals surface area (Å²) in [6.45, 7) is 4.56. The molecule has 0 spiro atoms. The van der Waals surface area contributed by atoms with E-state index in [1.165, 1.54) is 0 Å². The molecular formula is C15H19NO2S. The third kappa shape index (κ3) is 3.72. The van der Waals surface area contributed by atoms with Crippen LogP contribution in [0.5, 0.6) is 11.5 Å². The molecule has 2 rings (SSSR count). The van der Waals surface area contributed by atoms with E-state index in [-0.39, 0.29) is 12.1 Å². The van der Waals surface area contributed by atoms with Gasteiger partial charge in [0.05, 0.1) is 6.61 Å². The molecule has 2 unspecified atom stereocenters. The Morgan fingerprint density at radius 3 is 2.68 bits per heavy atom. The van der Waals surface area contributed by atoms with Crippen LogP contribution in [0.1, 0.15) is 25.5 Å². The molecule has 0 aliphatic rings. The van der Waals surface area contributed by atoms with Gasteiger partial charge in [-0.3, -0.25) is 0 Å². The van der Waals surface area contributed by atoms with Gasteiger partial charge in [0.25, 0.3) is 0 Å². The van der Waals surface area contributed by atoms with Crippen molar-refractivity contribution in [2.75, 3.05) is 6.61 Å². The van der Waals surface area contributed by atoms with Crippen LogP contribution in [0, 0.1) is 0 Å². The lowest BCUT2D eigenvalue weighted by Gasteiger charge is -2.22. The summed E-state index contributed by atoms with van der Waals surface area (Å²) in [5.74, 6) is 1.59. The smallest absolute Gasteiger partial charge is 0.139 e. The molecule has 2 aromatic rings. The van der Waals surface area contributed by atoms with Crippen molar-refractivity contribution >= 4 is 11.3 Å². The van der Waals surface area contributed by atoms with Crippen molar-refractivity contribution in [3.05, 3.63) is 46.7 Å². The second kappa shape index (κ2) is 6.59. The molecule has 3 nitrogen and oxygen atoms in total. The van der Waals surface area contributed by atoms with E-state index >= 15 is 0 Å². The minimum Gasteiger partial charge on any atom is -0.494 e. The first kappa shape index (κ1) is 13.9. The normalized spacial score (nSPS) is 13.8. The molecular weight excluding hydrogens is 258 g/mol. The summed E-state index contributed by atoms with van der Waals surface area (Å²) in [5, 5.41) is 4.10. The maximum Gasteiger partial charge on any atom is 0.139 e. The topological polar surface area (TPSA) is 44.5 Å². The molecule has 19 heavy (non-hydrogen) atoms. The quantitative estimate of drug-likeness (QED) is 0.877. The minimum absolute atomic E-state index is 0.0784. The average Bonchev–Trinajstić information content (AvgIpc) is 2.90. The molecule has 0 aliphatic carbocycles. The lowest BCUT2D eigenvalue weighted by Crippen LogP contribution is -2.28. The van der Waals surface area contributed by atoms with Crippen molar-refractivity contribution < 1.29 is 9.47 Å². The summed E-state index contributed by atoms with van der Waals surface area (Å²) in [6.07, 6.45) is -0.136. The SMILES string of the molecule is CCOc1cccc(OC(c2ccsc2)C(C)N)c1. The van der Waals surface area contributed by atoms with Crippen LogP contribution in [0.15, 0.2) is 41.1 Å². The monoisotopic (exact) mass is 277 g/mol. The first-order chi connectivity index (χ1) is 9.20. The largest absolute Gasteiger partial charge is 0.494 e. The molecule has 2 N–H and O–H groups in total. The van der Waals surface area contributed by atoms with E-state index in [9.17, 15) is 0 Å². The number of rotatable bonds is 6. The van der Waals surface area contributed by atoms with Gasteiger partial charge in [-0.05, 0) is 42.8 Å². The summed E-state index contributed by atoms with van der Waals surface area (Å²) < 4.78 is 11.5. The maximum atomic E-state index is 6.02. The first-order valence-electron chi connectivity index (χ1n) is 6.38. The fourth-order valence-electron chi connectivity index (χ4n) is 1.87. The van der Waals surface area contributed by atoms with Crippen molar-refractivity contribution in [1.29, 1.82) is 0 Å². The van der Waals surface area contributed by atoms with Gasteiger partial charge in [0.2, 0.25) is 0 Å². The molecule has 0 bridgehead atoms. The van der Waals surface area contributed by atoms with Gasteiger partial charge in [0, 0.05) is 17.7 Å². The Morgan fingerprint density at radius 2 is 2.05 bits per heavy atom. The van der Waals surface area contributed by atoms with Crippen LogP contribution in [0.25, 0.3) is 0 Å². The Labute approximate surface area is 118 Å². The van der Waals surface area contributed by atoms with Crippen molar-refractivity contribution in [3.63, 3.8) is 0 Å². The Morgan fingerprint density at radius 1 is 1.26 bits per heavy atom. The second-order valence-electron chi connectivity index (χ2n) is 4.36. The van der Waals surface area contributed by atoms with Gasteiger partial charge in [-0.1, -0.05) is 6.07 Å². The van der Waals surface area contributed by atoms with Crippen LogP contribution in [0.3, 0.4) is 0 Å². The van der Waals surface area contributed by atoms with Gasteiger partial charge in [-0.25, -0.2) is 0 Å². The van der Waals surface area contributed by atoms with E-state index in [0.29, 0.717) is 6.61 Å². The molecule has 1 aromatic carbocycles. The van der Waals surface area contributed by atoms with Crippen LogP contribution >= 0.6 is 11.3 Å². The molecule has 1 heterocycles. The zero-order valence-corrected chi connectivity index (χ0v) is 12.0. The van der Waals surface area contributed by atoms with Crippen LogP contribution < -0.4 is 15.2 Å². The average molecular weight is 277 g/mol. The van der Waals surface area contributed by atoms with Crippen LogP contribution in [-0.2, 0) is 0 Å². The zero-order valence-electron chi connectivity index (χ0n) is 11.2. The van der Waals surface area contributed by atoms with E-state index in [0.717, 1.165) is 17.1 Å². The molecule has 0 saturated carbocycles. The van der Waals surface area contributed by atoms with Gasteiger partial charge < -0.3 is 15.2 Å². The van der Waals surface area contributed by atoms with Gasteiger partial charge in [0.1, 0.15) is 17.6 Å². The summed E-state index contributed by atoms with van der Waals surface area (Å²) in [6, 6.07) is 9.62. The van der Waals surface area contributed by atoms with Crippen molar-refractivity contribution in [2.45, 2.75) is 26.0 Å². The van der Waals surface area contributed by atoms with Gasteiger partial charge in [0.15, 0.2) is 0 Å². The van der Waals surface area contributed by atoms with Crippen molar-refractivity contribution in [2.24, 2.45) is 5.73 Å². The number of hydrogen-bond acceptors (Lipinski definition) is 4. The minimum atomic E-state index is -0.136. The van der Waals surface area contributed by atoms with E-state index < -0.39 is 0 Å². The Hall–Kier alpha value is -1.52. The molecule has 0 amide bonds. The molecule has 0 aliphatic heterocycles. The van der Waals surface area contributed by atoms with Crippen molar-refractivity contribution in [1.82, 2.24) is 0 Å². The molecule has 102 valence electrons. The zero-order chi connectivity index (χ0) is 13.7. The summed E-state index contributed by atoms with van der Waals surface area (Å²) in [4.78, 5) is 0. The highest BCUT2D eigenvalue weighted by Crippen LogP contribution is 2.28. The highest BCUT2D eigenvalue weighted by Gasteiger charge is 2.18. The number of hydrogen-bond donors (Lipinski definition) is 1. The van der Waals surface area contributed by atoms with Gasteiger partial charge in [-0.15, -0.1) is 0 Å². The molecule has 0 fully saturated rings. The predicted octanol–water partition coefficient (Wildman–Crippen LogP) is 3.61. The van der Waals surface area contributed by atoms with E-state index in [1.54, 1.807) is 11.3 Å². The van der Waals surface area contributed by atoms with Crippen LogP contribution in [0.4, 0.5) is 0 Å². The summed E-state index contributed by atoms with van der Waals surface area (Å²) >= 11 is 1.65. The molecule has 1 aromatic heterocycles. The summed E-state index contributed by atoms with van der Waals surface area (Å²) in [7, 11) is 0. The molecule has 0 radical (unpaired) electrons. The lowest BCUT2D eigenvalue weighted by molar-refractivity contribution is 0.180. The third-order valence-corrected chi connectivity index (χ3v) is 3.43. The molecule has 2 atom stereocenters. The van der Waals surface area contributed by atoms with E-state index in [4.69, 9.17) is 15.2 Å². The fraction of sp³-hybridized carbons (Fsp3) is 0.333. The fourth-order valence-corrected chi connectivity index (χ4v) is 2.55. The van der Waals surface area contributed by atoms with E-state index in [1.807, 2.05) is 49.6 Å². The number of nitrogens with two attached hydrogens (primary N) is 1. The van der Waals surface area contributed by atoms with Crippen LogP contribution in [-0.4, -0.2) is 12.6 Å². The highest BCUT2D eigenvalue weighted by molar-refractivity contribution is 7.07. The second-order valence-corrected chi connectivity index (χ2v) is 5.14. The standard InChI is InChI=1S/C15H19NO2S/c1-3-17-13-5-4-6-14(9-13)18-15(11(2)16)12-7-8-19-10-12/h4-11,15H,3,16H2,1-2H3. The lowest BCUT2D eigenvalue weighted by atomic mass is 10.1. The molecule has 4 heteroatoms. The van der Waals surface area contributed by atoms with E-state index in [2.05, 4.69) is 5.38 Å². The van der Waals surface area contributed by atoms with Crippen molar-refractivity contribution in [3.8, 4) is 11.5 Å².